The number of ether oxygens (including phenoxy) is 1. The monoisotopic (exact) mass is 250 g/mol. The Morgan fingerprint density at radius 3 is 2.94 bits per heavy atom. The highest BCUT2D eigenvalue weighted by atomic mass is 16.5. The Morgan fingerprint density at radius 1 is 1.50 bits per heavy atom. The maximum atomic E-state index is 11.5. The zero-order valence-electron chi connectivity index (χ0n) is 10.7. The van der Waals surface area contributed by atoms with E-state index in [9.17, 15) is 4.79 Å². The van der Waals surface area contributed by atoms with Gasteiger partial charge in [0.15, 0.2) is 0 Å². The number of hydrogen-bond acceptors (Lipinski definition) is 5. The van der Waals surface area contributed by atoms with Crippen molar-refractivity contribution in [3.63, 3.8) is 0 Å². The highest BCUT2D eigenvalue weighted by molar-refractivity contribution is 5.77. The van der Waals surface area contributed by atoms with Crippen LogP contribution in [0.4, 0.5) is 5.95 Å². The lowest BCUT2D eigenvalue weighted by atomic mass is 10.4. The first-order chi connectivity index (χ1) is 8.67. The molecule has 1 aromatic heterocycles. The summed E-state index contributed by atoms with van der Waals surface area (Å²) in [6.07, 6.45) is 2.64. The van der Waals surface area contributed by atoms with Crippen LogP contribution in [-0.2, 0) is 4.79 Å². The van der Waals surface area contributed by atoms with E-state index in [0.717, 1.165) is 18.5 Å². The molecule has 2 N–H and O–H groups in total. The Morgan fingerprint density at radius 2 is 2.28 bits per heavy atom. The second-order valence-electron chi connectivity index (χ2n) is 4.39. The van der Waals surface area contributed by atoms with Crippen LogP contribution in [0, 0.1) is 6.92 Å². The first-order valence-corrected chi connectivity index (χ1v) is 6.10. The third-order valence-electron chi connectivity index (χ3n) is 2.62. The van der Waals surface area contributed by atoms with Gasteiger partial charge in [0.05, 0.1) is 7.11 Å². The fourth-order valence-electron chi connectivity index (χ4n) is 1.54. The lowest BCUT2D eigenvalue weighted by Crippen LogP contribution is -2.27. The van der Waals surface area contributed by atoms with Gasteiger partial charge >= 0.3 is 0 Å². The minimum Gasteiger partial charge on any atom is -0.481 e. The summed E-state index contributed by atoms with van der Waals surface area (Å²) >= 11 is 0. The van der Waals surface area contributed by atoms with Crippen molar-refractivity contribution in [3.05, 3.63) is 11.8 Å². The molecule has 1 amide bonds. The molecule has 0 saturated heterocycles. The number of carbonyl (C=O) groups excluding carboxylic acids is 1. The maximum Gasteiger partial charge on any atom is 0.226 e. The highest BCUT2D eigenvalue weighted by Crippen LogP contribution is 2.18. The minimum absolute atomic E-state index is 0.0737. The third-order valence-corrected chi connectivity index (χ3v) is 2.62. The van der Waals surface area contributed by atoms with Gasteiger partial charge in [-0.1, -0.05) is 0 Å². The van der Waals surface area contributed by atoms with E-state index in [2.05, 4.69) is 20.6 Å². The van der Waals surface area contributed by atoms with Crippen LogP contribution in [0.25, 0.3) is 0 Å². The van der Waals surface area contributed by atoms with E-state index in [1.54, 1.807) is 13.2 Å². The molecule has 6 heteroatoms. The Hall–Kier alpha value is -1.85. The molecule has 0 radical (unpaired) electrons. The first kappa shape index (κ1) is 12.6. The van der Waals surface area contributed by atoms with Crippen LogP contribution in [0.2, 0.25) is 0 Å². The number of rotatable bonds is 6. The second kappa shape index (κ2) is 5.66. The molecule has 18 heavy (non-hydrogen) atoms. The molecular formula is C12H18N4O2. The lowest BCUT2D eigenvalue weighted by molar-refractivity contribution is -0.120. The average molecular weight is 250 g/mol. The van der Waals surface area contributed by atoms with Crippen LogP contribution < -0.4 is 15.4 Å². The van der Waals surface area contributed by atoms with Crippen LogP contribution in [0.15, 0.2) is 6.07 Å². The van der Waals surface area contributed by atoms with Crippen LogP contribution in [0.3, 0.4) is 0 Å². The molecule has 2 rings (SSSR count). The summed E-state index contributed by atoms with van der Waals surface area (Å²) in [5.41, 5.74) is 0.826. The number of amides is 1. The van der Waals surface area contributed by atoms with Gasteiger partial charge in [-0.05, 0) is 19.8 Å². The summed E-state index contributed by atoms with van der Waals surface area (Å²) in [6.45, 7) is 2.39. The van der Waals surface area contributed by atoms with Crippen molar-refractivity contribution in [1.29, 1.82) is 0 Å². The van der Waals surface area contributed by atoms with Crippen molar-refractivity contribution < 1.29 is 9.53 Å². The van der Waals surface area contributed by atoms with Gasteiger partial charge in [-0.15, -0.1) is 0 Å². The van der Waals surface area contributed by atoms with Gasteiger partial charge in [0.2, 0.25) is 17.7 Å². The second-order valence-corrected chi connectivity index (χ2v) is 4.39. The molecular weight excluding hydrogens is 232 g/mol. The summed E-state index contributed by atoms with van der Waals surface area (Å²) in [6, 6.07) is 2.16. The topological polar surface area (TPSA) is 76.1 Å². The van der Waals surface area contributed by atoms with E-state index in [1.807, 2.05) is 6.92 Å². The Bertz CT molecular complexity index is 432. The van der Waals surface area contributed by atoms with Crippen molar-refractivity contribution in [2.45, 2.75) is 32.2 Å². The van der Waals surface area contributed by atoms with Gasteiger partial charge in [-0.2, -0.15) is 4.98 Å². The summed E-state index contributed by atoms with van der Waals surface area (Å²) in [7, 11) is 1.56. The van der Waals surface area contributed by atoms with E-state index in [-0.39, 0.29) is 5.91 Å². The maximum absolute atomic E-state index is 11.5. The fraction of sp³-hybridized carbons (Fsp3) is 0.583. The Labute approximate surface area is 106 Å². The van der Waals surface area contributed by atoms with E-state index in [0.29, 0.717) is 30.8 Å². The molecule has 0 atom stereocenters. The van der Waals surface area contributed by atoms with Crippen molar-refractivity contribution in [2.75, 3.05) is 19.0 Å². The van der Waals surface area contributed by atoms with Gasteiger partial charge in [-0.3, -0.25) is 4.79 Å². The highest BCUT2D eigenvalue weighted by Gasteiger charge is 2.22. The van der Waals surface area contributed by atoms with E-state index in [4.69, 9.17) is 4.74 Å². The zero-order chi connectivity index (χ0) is 13.0. The number of aromatic nitrogens is 2. The molecule has 0 aliphatic heterocycles. The number of anilines is 1. The van der Waals surface area contributed by atoms with Crippen LogP contribution >= 0.6 is 0 Å². The van der Waals surface area contributed by atoms with Gasteiger partial charge in [0.1, 0.15) is 0 Å². The number of hydrogen-bond donors (Lipinski definition) is 2. The smallest absolute Gasteiger partial charge is 0.226 e. The van der Waals surface area contributed by atoms with Crippen LogP contribution in [0.5, 0.6) is 5.88 Å². The molecule has 0 spiro atoms. The summed E-state index contributed by atoms with van der Waals surface area (Å²) < 4.78 is 5.05. The van der Waals surface area contributed by atoms with Gasteiger partial charge in [-0.25, -0.2) is 4.98 Å². The lowest BCUT2D eigenvalue weighted by Gasteiger charge is -2.07. The fourth-order valence-corrected chi connectivity index (χ4v) is 1.54. The quantitative estimate of drug-likeness (QED) is 0.783. The number of carbonyl (C=O) groups is 1. The predicted octanol–water partition coefficient (Wildman–Crippen LogP) is 0.874. The van der Waals surface area contributed by atoms with Gasteiger partial charge in [0.25, 0.3) is 0 Å². The van der Waals surface area contributed by atoms with Gasteiger partial charge < -0.3 is 15.4 Å². The zero-order valence-corrected chi connectivity index (χ0v) is 10.7. The van der Waals surface area contributed by atoms with Crippen molar-refractivity contribution in [1.82, 2.24) is 15.3 Å². The van der Waals surface area contributed by atoms with Crippen molar-refractivity contribution in [2.24, 2.45) is 0 Å². The average Bonchev–Trinajstić information content (AvgIpc) is 3.12. The standard InChI is InChI=1S/C12H18N4O2/c1-8-7-11(18-2)16-12(14-8)13-6-5-10(17)15-9-3-4-9/h7,9H,3-6H2,1-2H3,(H,15,17)(H,13,14,16). The number of methoxy groups -OCH3 is 1. The Balaban J connectivity index is 1.78. The van der Waals surface area contributed by atoms with Crippen molar-refractivity contribution >= 4 is 11.9 Å². The Kier molecular flexibility index (Phi) is 3.96. The summed E-state index contributed by atoms with van der Waals surface area (Å²) in [5.74, 6) is 1.09. The molecule has 0 unspecified atom stereocenters. The predicted molar refractivity (Wildman–Crippen MR) is 67.6 cm³/mol. The molecule has 6 nitrogen and oxygen atoms in total. The van der Waals surface area contributed by atoms with Crippen LogP contribution in [-0.4, -0.2) is 35.6 Å². The SMILES string of the molecule is COc1cc(C)nc(NCCC(=O)NC2CC2)n1. The van der Waals surface area contributed by atoms with Gasteiger partial charge in [0, 0.05) is 30.8 Å². The number of nitrogens with one attached hydrogen (secondary N) is 2. The van der Waals surface area contributed by atoms with E-state index in [1.165, 1.54) is 0 Å². The molecule has 0 aromatic carbocycles. The largest absolute Gasteiger partial charge is 0.481 e. The molecule has 1 fully saturated rings. The molecule has 1 aromatic rings. The summed E-state index contributed by atoms with van der Waals surface area (Å²) in [4.78, 5) is 19.8. The van der Waals surface area contributed by atoms with Crippen molar-refractivity contribution in [3.8, 4) is 5.88 Å². The normalized spacial score (nSPS) is 14.1. The molecule has 1 aliphatic rings. The molecule has 1 saturated carbocycles. The first-order valence-electron chi connectivity index (χ1n) is 6.10. The number of nitrogens with zero attached hydrogens (tertiary/aromatic N) is 2. The summed E-state index contributed by atoms with van der Waals surface area (Å²) in [5, 5.41) is 5.95. The number of aryl methyl sites for hydroxylation is 1. The molecule has 0 bridgehead atoms. The van der Waals surface area contributed by atoms with Crippen LogP contribution in [0.1, 0.15) is 25.0 Å². The van der Waals surface area contributed by atoms with E-state index < -0.39 is 0 Å². The third kappa shape index (κ3) is 3.87. The molecule has 98 valence electrons. The minimum atomic E-state index is 0.0737. The molecule has 1 heterocycles. The molecule has 1 aliphatic carbocycles. The van der Waals surface area contributed by atoms with E-state index >= 15 is 0 Å².